The van der Waals surface area contributed by atoms with Gasteiger partial charge in [-0.2, -0.15) is 4.98 Å². The lowest BCUT2D eigenvalue weighted by molar-refractivity contribution is 0.726. The Morgan fingerprint density at radius 3 is 2.33 bits per heavy atom. The second-order valence-electron chi connectivity index (χ2n) is 6.35. The number of aromatic nitrogens is 2. The molecule has 118 valence electrons. The maximum Gasteiger partial charge on any atom is 0.227 e. The van der Waals surface area contributed by atoms with Gasteiger partial charge in [-0.05, 0) is 32.1 Å². The van der Waals surface area contributed by atoms with Gasteiger partial charge in [0.15, 0.2) is 0 Å². The highest BCUT2D eigenvalue weighted by Gasteiger charge is 2.18. The molecule has 1 N–H and O–H groups in total. The van der Waals surface area contributed by atoms with E-state index in [0.717, 1.165) is 43.5 Å². The number of aryl methyl sites for hydroxylation is 1. The van der Waals surface area contributed by atoms with E-state index in [9.17, 15) is 0 Å². The van der Waals surface area contributed by atoms with Crippen LogP contribution in [-0.2, 0) is 0 Å². The van der Waals surface area contributed by atoms with Crippen LogP contribution in [0.3, 0.4) is 0 Å². The number of nitrogens with one attached hydrogen (secondary N) is 1. The molecule has 4 heteroatoms. The first kappa shape index (κ1) is 16.1. The first-order valence-corrected chi connectivity index (χ1v) is 8.50. The molecular weight excluding hydrogens is 260 g/mol. The summed E-state index contributed by atoms with van der Waals surface area (Å²) in [5.74, 6) is 2.40. The molecule has 1 aliphatic heterocycles. The third kappa shape index (κ3) is 4.08. The quantitative estimate of drug-likeness (QED) is 0.886. The molecule has 21 heavy (non-hydrogen) atoms. The van der Waals surface area contributed by atoms with Gasteiger partial charge < -0.3 is 10.2 Å². The van der Waals surface area contributed by atoms with Crippen molar-refractivity contribution in [3.8, 4) is 0 Å². The predicted molar refractivity (Wildman–Crippen MR) is 90.3 cm³/mol. The van der Waals surface area contributed by atoms with Crippen LogP contribution in [0.25, 0.3) is 0 Å². The molecule has 0 amide bonds. The largest absolute Gasteiger partial charge is 0.370 e. The average Bonchev–Trinajstić information content (AvgIpc) is 2.73. The highest BCUT2D eigenvalue weighted by atomic mass is 15.3. The normalized spacial score (nSPS) is 16.1. The minimum absolute atomic E-state index is 0.447. The van der Waals surface area contributed by atoms with E-state index in [2.05, 4.69) is 37.9 Å². The SMILES string of the molecule is CCCNc1nc(N2CCCCCC2)nc(C)c1C(C)C. The summed E-state index contributed by atoms with van der Waals surface area (Å²) < 4.78 is 0. The van der Waals surface area contributed by atoms with Gasteiger partial charge in [-0.3, -0.25) is 0 Å². The minimum Gasteiger partial charge on any atom is -0.370 e. The van der Waals surface area contributed by atoms with Gasteiger partial charge in [0.2, 0.25) is 5.95 Å². The lowest BCUT2D eigenvalue weighted by Gasteiger charge is -2.24. The molecule has 1 saturated heterocycles. The molecular formula is C17H30N4. The summed E-state index contributed by atoms with van der Waals surface area (Å²) in [6.45, 7) is 11.9. The molecule has 1 aliphatic rings. The molecule has 0 bridgehead atoms. The van der Waals surface area contributed by atoms with Crippen LogP contribution in [0.4, 0.5) is 11.8 Å². The Morgan fingerprint density at radius 1 is 1.10 bits per heavy atom. The van der Waals surface area contributed by atoms with Crippen molar-refractivity contribution in [3.63, 3.8) is 0 Å². The van der Waals surface area contributed by atoms with Gasteiger partial charge in [0.1, 0.15) is 5.82 Å². The molecule has 2 heterocycles. The zero-order chi connectivity index (χ0) is 15.2. The number of hydrogen-bond donors (Lipinski definition) is 1. The molecule has 0 spiro atoms. The van der Waals surface area contributed by atoms with Gasteiger partial charge in [0, 0.05) is 30.9 Å². The van der Waals surface area contributed by atoms with Crippen molar-refractivity contribution < 1.29 is 0 Å². The average molecular weight is 290 g/mol. The molecule has 0 atom stereocenters. The van der Waals surface area contributed by atoms with Crippen molar-refractivity contribution in [2.24, 2.45) is 0 Å². The van der Waals surface area contributed by atoms with Crippen LogP contribution in [0.1, 0.15) is 70.1 Å². The van der Waals surface area contributed by atoms with Crippen LogP contribution >= 0.6 is 0 Å². The van der Waals surface area contributed by atoms with E-state index >= 15 is 0 Å². The standard InChI is InChI=1S/C17H30N4/c1-5-10-18-16-15(13(2)3)14(4)19-17(20-16)21-11-8-6-7-9-12-21/h13H,5-12H2,1-4H3,(H,18,19,20). The van der Waals surface area contributed by atoms with Crippen molar-refractivity contribution in [2.45, 2.75) is 65.7 Å². The third-order valence-corrected chi connectivity index (χ3v) is 4.13. The van der Waals surface area contributed by atoms with Gasteiger partial charge in [-0.25, -0.2) is 4.98 Å². The second kappa shape index (κ2) is 7.62. The molecule has 1 aromatic rings. The van der Waals surface area contributed by atoms with Crippen LogP contribution in [-0.4, -0.2) is 29.6 Å². The zero-order valence-corrected chi connectivity index (χ0v) is 14.1. The first-order valence-electron chi connectivity index (χ1n) is 8.50. The molecule has 0 aliphatic carbocycles. The summed E-state index contributed by atoms with van der Waals surface area (Å²) in [6.07, 6.45) is 6.29. The molecule has 4 nitrogen and oxygen atoms in total. The van der Waals surface area contributed by atoms with E-state index in [-0.39, 0.29) is 0 Å². The number of nitrogens with zero attached hydrogens (tertiary/aromatic N) is 3. The Morgan fingerprint density at radius 2 is 1.76 bits per heavy atom. The molecule has 0 saturated carbocycles. The van der Waals surface area contributed by atoms with Crippen LogP contribution in [0.5, 0.6) is 0 Å². The molecule has 1 fully saturated rings. The Balaban J connectivity index is 2.31. The van der Waals surface area contributed by atoms with E-state index in [4.69, 9.17) is 9.97 Å². The van der Waals surface area contributed by atoms with Gasteiger partial charge in [-0.1, -0.05) is 33.6 Å². The molecule has 2 rings (SSSR count). The molecule has 0 unspecified atom stereocenters. The van der Waals surface area contributed by atoms with Gasteiger partial charge >= 0.3 is 0 Å². The van der Waals surface area contributed by atoms with Crippen molar-refractivity contribution in [3.05, 3.63) is 11.3 Å². The first-order chi connectivity index (χ1) is 10.1. The zero-order valence-electron chi connectivity index (χ0n) is 14.1. The number of rotatable bonds is 5. The summed E-state index contributed by atoms with van der Waals surface area (Å²) in [7, 11) is 0. The molecule has 0 radical (unpaired) electrons. The van der Waals surface area contributed by atoms with Gasteiger partial charge in [0.05, 0.1) is 0 Å². The second-order valence-corrected chi connectivity index (χ2v) is 6.35. The fourth-order valence-electron chi connectivity index (χ4n) is 3.05. The van der Waals surface area contributed by atoms with Crippen LogP contribution in [0.2, 0.25) is 0 Å². The Bertz CT molecular complexity index is 448. The third-order valence-electron chi connectivity index (χ3n) is 4.13. The van der Waals surface area contributed by atoms with E-state index < -0.39 is 0 Å². The lowest BCUT2D eigenvalue weighted by atomic mass is 10.0. The van der Waals surface area contributed by atoms with Crippen molar-refractivity contribution in [2.75, 3.05) is 29.9 Å². The molecule has 1 aromatic heterocycles. The van der Waals surface area contributed by atoms with Crippen molar-refractivity contribution in [1.82, 2.24) is 9.97 Å². The van der Waals surface area contributed by atoms with Gasteiger partial charge in [-0.15, -0.1) is 0 Å². The van der Waals surface area contributed by atoms with E-state index in [1.165, 1.54) is 31.2 Å². The van der Waals surface area contributed by atoms with Crippen LogP contribution in [0.15, 0.2) is 0 Å². The predicted octanol–water partition coefficient (Wildman–Crippen LogP) is 4.11. The number of hydrogen-bond acceptors (Lipinski definition) is 4. The van der Waals surface area contributed by atoms with Crippen molar-refractivity contribution >= 4 is 11.8 Å². The Hall–Kier alpha value is -1.32. The summed E-state index contributed by atoms with van der Waals surface area (Å²) in [5.41, 5.74) is 2.39. The Labute approximate surface area is 129 Å². The summed E-state index contributed by atoms with van der Waals surface area (Å²) in [5, 5.41) is 3.50. The fraction of sp³-hybridized carbons (Fsp3) is 0.765. The fourth-order valence-corrected chi connectivity index (χ4v) is 3.05. The smallest absolute Gasteiger partial charge is 0.227 e. The van der Waals surface area contributed by atoms with E-state index in [0.29, 0.717) is 5.92 Å². The highest BCUT2D eigenvalue weighted by molar-refractivity contribution is 5.52. The van der Waals surface area contributed by atoms with Crippen LogP contribution < -0.4 is 10.2 Å². The summed E-state index contributed by atoms with van der Waals surface area (Å²) in [4.78, 5) is 12.0. The molecule has 0 aromatic carbocycles. The minimum atomic E-state index is 0.447. The summed E-state index contributed by atoms with van der Waals surface area (Å²) >= 11 is 0. The maximum atomic E-state index is 4.86. The highest BCUT2D eigenvalue weighted by Crippen LogP contribution is 2.28. The Kier molecular flexibility index (Phi) is 5.83. The number of anilines is 2. The maximum absolute atomic E-state index is 4.86. The van der Waals surface area contributed by atoms with Crippen molar-refractivity contribution in [1.29, 1.82) is 0 Å². The lowest BCUT2D eigenvalue weighted by Crippen LogP contribution is -2.27. The van der Waals surface area contributed by atoms with E-state index in [1.54, 1.807) is 0 Å². The van der Waals surface area contributed by atoms with Crippen LogP contribution in [0, 0.1) is 6.92 Å². The van der Waals surface area contributed by atoms with Gasteiger partial charge in [0.25, 0.3) is 0 Å². The summed E-state index contributed by atoms with van der Waals surface area (Å²) in [6, 6.07) is 0. The van der Waals surface area contributed by atoms with E-state index in [1.807, 2.05) is 0 Å². The topological polar surface area (TPSA) is 41.1 Å². The monoisotopic (exact) mass is 290 g/mol.